The Morgan fingerprint density at radius 2 is 1.21 bits per heavy atom. The van der Waals surface area contributed by atoms with Gasteiger partial charge < -0.3 is 25.8 Å². The number of nitrogens with two attached hydrogens (primary N) is 1. The highest BCUT2D eigenvalue weighted by molar-refractivity contribution is 5.27. The molecule has 0 aliphatic carbocycles. The van der Waals surface area contributed by atoms with Crippen LogP contribution in [0.4, 0.5) is 26.3 Å². The van der Waals surface area contributed by atoms with Crippen molar-refractivity contribution in [3.8, 4) is 5.75 Å². The summed E-state index contributed by atoms with van der Waals surface area (Å²) in [4.78, 5) is 0. The van der Waals surface area contributed by atoms with Crippen molar-refractivity contribution in [1.82, 2.24) is 0 Å². The van der Waals surface area contributed by atoms with Crippen molar-refractivity contribution in [3.63, 3.8) is 0 Å². The molecule has 0 saturated carbocycles. The first-order valence-electron chi connectivity index (χ1n) is 9.94. The summed E-state index contributed by atoms with van der Waals surface area (Å²) in [5, 5.41) is 26.5. The zero-order valence-electron chi connectivity index (χ0n) is 17.7. The third kappa shape index (κ3) is 11.4. The molecule has 0 heterocycles. The summed E-state index contributed by atoms with van der Waals surface area (Å²) in [6.45, 7) is -0.672. The maximum absolute atomic E-state index is 12.3. The molecule has 2 rings (SSSR count). The second-order valence-electron chi connectivity index (χ2n) is 7.39. The van der Waals surface area contributed by atoms with E-state index >= 15 is 0 Å². The van der Waals surface area contributed by atoms with Gasteiger partial charge in [-0.15, -0.1) is 13.2 Å². The Balaban J connectivity index is 0.000000335. The standard InChI is InChI=1S/C12H16F3NO2.C10H11F3O2/c13-12(14,15)10-3-1-9(2-4-10)5-6-11(16,7-17)8-18;11-10(12,13)15-9-5-3-8(4-6-9)2-1-7-14/h1-4,17-18H,5-8,16H2;3-6,14H,1-2,7H2. The normalized spacial score (nSPS) is 12.2. The van der Waals surface area contributed by atoms with Gasteiger partial charge in [0.25, 0.3) is 0 Å². The van der Waals surface area contributed by atoms with Gasteiger partial charge in [0, 0.05) is 6.61 Å². The van der Waals surface area contributed by atoms with Crippen LogP contribution in [0.2, 0.25) is 0 Å². The largest absolute Gasteiger partial charge is 0.573 e. The highest BCUT2D eigenvalue weighted by Crippen LogP contribution is 2.29. The molecule has 0 fully saturated rings. The molecule has 11 heteroatoms. The zero-order chi connectivity index (χ0) is 25.1. The maximum Gasteiger partial charge on any atom is 0.573 e. The number of ether oxygens (including phenoxy) is 1. The molecule has 186 valence electrons. The van der Waals surface area contributed by atoms with Crippen molar-refractivity contribution < 1.29 is 46.4 Å². The molecule has 2 aromatic rings. The topological polar surface area (TPSA) is 95.9 Å². The zero-order valence-corrected chi connectivity index (χ0v) is 17.7. The van der Waals surface area contributed by atoms with Crippen LogP contribution in [0, 0.1) is 0 Å². The second-order valence-corrected chi connectivity index (χ2v) is 7.39. The van der Waals surface area contributed by atoms with E-state index in [0.29, 0.717) is 31.2 Å². The summed E-state index contributed by atoms with van der Waals surface area (Å²) in [5.41, 5.74) is 5.42. The molecule has 0 aromatic heterocycles. The van der Waals surface area contributed by atoms with Crippen LogP contribution in [0.5, 0.6) is 5.75 Å². The summed E-state index contributed by atoms with van der Waals surface area (Å²) in [7, 11) is 0. The highest BCUT2D eigenvalue weighted by Gasteiger charge is 2.31. The van der Waals surface area contributed by atoms with Crippen LogP contribution in [0.15, 0.2) is 48.5 Å². The molecule has 0 saturated heterocycles. The number of aliphatic hydroxyl groups excluding tert-OH is 3. The molecule has 5 nitrogen and oxygen atoms in total. The summed E-state index contributed by atoms with van der Waals surface area (Å²) >= 11 is 0. The number of rotatable bonds is 9. The van der Waals surface area contributed by atoms with Gasteiger partial charge in [-0.05, 0) is 61.1 Å². The summed E-state index contributed by atoms with van der Waals surface area (Å²) in [5.74, 6) is -0.227. The Bertz CT molecular complexity index is 804. The first kappa shape index (κ1) is 28.7. The van der Waals surface area contributed by atoms with Crippen LogP contribution in [-0.2, 0) is 19.0 Å². The third-order valence-electron chi connectivity index (χ3n) is 4.60. The fourth-order valence-electron chi connectivity index (χ4n) is 2.60. The predicted molar refractivity (Wildman–Crippen MR) is 109 cm³/mol. The number of hydrogen-bond acceptors (Lipinski definition) is 5. The average Bonchev–Trinajstić information content (AvgIpc) is 2.76. The summed E-state index contributed by atoms with van der Waals surface area (Å²) < 4.78 is 76.0. The summed E-state index contributed by atoms with van der Waals surface area (Å²) in [6, 6.07) is 10.4. The molecule has 33 heavy (non-hydrogen) atoms. The van der Waals surface area contributed by atoms with Gasteiger partial charge in [-0.3, -0.25) is 0 Å². The Morgan fingerprint density at radius 3 is 1.64 bits per heavy atom. The van der Waals surface area contributed by atoms with Crippen LogP contribution in [0.3, 0.4) is 0 Å². The van der Waals surface area contributed by atoms with Gasteiger partial charge in [0.15, 0.2) is 0 Å². The molecule has 0 radical (unpaired) electrons. The first-order valence-corrected chi connectivity index (χ1v) is 9.94. The minimum Gasteiger partial charge on any atom is -0.406 e. The number of aryl methyl sites for hydroxylation is 2. The molecular formula is C22H27F6NO4. The van der Waals surface area contributed by atoms with E-state index in [-0.39, 0.29) is 25.6 Å². The SMILES string of the molecule is NC(CO)(CO)CCc1ccc(C(F)(F)F)cc1.OCCCc1ccc(OC(F)(F)F)cc1. The van der Waals surface area contributed by atoms with E-state index in [4.69, 9.17) is 21.1 Å². The van der Waals surface area contributed by atoms with Crippen molar-refractivity contribution in [2.24, 2.45) is 5.73 Å². The fourth-order valence-corrected chi connectivity index (χ4v) is 2.60. The lowest BCUT2D eigenvalue weighted by Crippen LogP contribution is -2.47. The lowest BCUT2D eigenvalue weighted by molar-refractivity contribution is -0.274. The third-order valence-corrected chi connectivity index (χ3v) is 4.60. The monoisotopic (exact) mass is 483 g/mol. The van der Waals surface area contributed by atoms with Crippen molar-refractivity contribution in [2.75, 3.05) is 19.8 Å². The van der Waals surface area contributed by atoms with Gasteiger partial charge in [-0.25, -0.2) is 0 Å². The molecule has 0 aliphatic heterocycles. The van der Waals surface area contributed by atoms with Gasteiger partial charge in [0.1, 0.15) is 5.75 Å². The van der Waals surface area contributed by atoms with Gasteiger partial charge in [0.2, 0.25) is 0 Å². The predicted octanol–water partition coefficient (Wildman–Crippen LogP) is 3.83. The minimum absolute atomic E-state index is 0.0702. The molecule has 0 spiro atoms. The van der Waals surface area contributed by atoms with Crippen molar-refractivity contribution in [2.45, 2.75) is 43.8 Å². The number of benzene rings is 2. The van der Waals surface area contributed by atoms with Gasteiger partial charge in [-0.1, -0.05) is 24.3 Å². The van der Waals surface area contributed by atoms with Gasteiger partial charge >= 0.3 is 12.5 Å². The van der Waals surface area contributed by atoms with Gasteiger partial charge in [-0.2, -0.15) is 13.2 Å². The van der Waals surface area contributed by atoms with E-state index in [1.807, 2.05) is 0 Å². The van der Waals surface area contributed by atoms with Crippen LogP contribution < -0.4 is 10.5 Å². The van der Waals surface area contributed by atoms with Crippen LogP contribution >= 0.6 is 0 Å². The lowest BCUT2D eigenvalue weighted by Gasteiger charge is -2.24. The Kier molecular flexibility index (Phi) is 11.1. The molecule has 0 amide bonds. The van der Waals surface area contributed by atoms with Gasteiger partial charge in [0.05, 0.1) is 24.3 Å². The molecule has 0 bridgehead atoms. The molecular weight excluding hydrogens is 456 g/mol. The maximum atomic E-state index is 12.3. The first-order chi connectivity index (χ1) is 15.3. The number of hydrogen-bond donors (Lipinski definition) is 4. The van der Waals surface area contributed by atoms with Crippen molar-refractivity contribution >= 4 is 0 Å². The van der Waals surface area contributed by atoms with Crippen LogP contribution in [0.1, 0.15) is 29.5 Å². The average molecular weight is 483 g/mol. The van der Waals surface area contributed by atoms with Crippen molar-refractivity contribution in [1.29, 1.82) is 0 Å². The van der Waals surface area contributed by atoms with E-state index in [0.717, 1.165) is 17.7 Å². The Morgan fingerprint density at radius 1 is 0.727 bits per heavy atom. The molecule has 0 atom stereocenters. The van der Waals surface area contributed by atoms with Crippen molar-refractivity contribution in [3.05, 3.63) is 65.2 Å². The van der Waals surface area contributed by atoms with E-state index < -0.39 is 23.6 Å². The summed E-state index contributed by atoms with van der Waals surface area (Å²) in [6.07, 6.45) is -7.05. The van der Waals surface area contributed by atoms with Crippen LogP contribution in [-0.4, -0.2) is 47.0 Å². The lowest BCUT2D eigenvalue weighted by atomic mass is 9.94. The fraction of sp³-hybridized carbons (Fsp3) is 0.455. The van der Waals surface area contributed by atoms with Crippen LogP contribution in [0.25, 0.3) is 0 Å². The number of alkyl halides is 6. The van der Waals surface area contributed by atoms with E-state index in [1.165, 1.54) is 24.3 Å². The van der Waals surface area contributed by atoms with E-state index in [1.54, 1.807) is 12.1 Å². The van der Waals surface area contributed by atoms with E-state index in [2.05, 4.69) is 4.74 Å². The second kappa shape index (κ2) is 12.8. The molecule has 0 aliphatic rings. The Labute approximate surface area is 187 Å². The smallest absolute Gasteiger partial charge is 0.406 e. The minimum atomic E-state index is -4.65. The van der Waals surface area contributed by atoms with E-state index in [9.17, 15) is 26.3 Å². The molecule has 0 unspecified atom stereocenters. The molecule has 2 aromatic carbocycles. The number of aliphatic hydroxyl groups is 3. The number of halogens is 6. The quantitative estimate of drug-likeness (QED) is 0.407. The molecule has 5 N–H and O–H groups in total. The highest BCUT2D eigenvalue weighted by atomic mass is 19.4. The Hall–Kier alpha value is -2.34.